The lowest BCUT2D eigenvalue weighted by Gasteiger charge is -2.19. The van der Waals surface area contributed by atoms with Crippen LogP contribution in [0.25, 0.3) is 0 Å². The van der Waals surface area contributed by atoms with Gasteiger partial charge in [0.1, 0.15) is 12.2 Å². The SMILES string of the molecule is CCCC(CCC)C(C)C.CCOCC(COCC)OC(C)C.COCC(COC)OC(C)C. The molecule has 0 saturated heterocycles. The van der Waals surface area contributed by atoms with Crippen LogP contribution in [0.5, 0.6) is 0 Å². The van der Waals surface area contributed by atoms with Crippen LogP contribution < -0.4 is 0 Å². The molecule has 34 heavy (non-hydrogen) atoms. The van der Waals surface area contributed by atoms with Crippen molar-refractivity contribution in [1.29, 1.82) is 0 Å². The molecule has 0 N–H and O–H groups in total. The van der Waals surface area contributed by atoms with E-state index in [0.717, 1.165) is 25.0 Å². The van der Waals surface area contributed by atoms with Crippen LogP contribution in [0.15, 0.2) is 0 Å². The number of rotatable bonds is 19. The number of methoxy groups -OCH3 is 2. The molecule has 0 heterocycles. The summed E-state index contributed by atoms with van der Waals surface area (Å²) in [5, 5.41) is 0. The molecule has 0 aromatic heterocycles. The first kappa shape index (κ1) is 38.3. The normalized spacial score (nSPS) is 11.5. The topological polar surface area (TPSA) is 55.4 Å². The zero-order valence-electron chi connectivity index (χ0n) is 25.0. The average Bonchev–Trinajstić information content (AvgIpc) is 2.76. The Morgan fingerprint density at radius 3 is 1.12 bits per heavy atom. The first-order chi connectivity index (χ1) is 16.1. The van der Waals surface area contributed by atoms with Crippen molar-refractivity contribution >= 4 is 0 Å². The van der Waals surface area contributed by atoms with Gasteiger partial charge in [0.15, 0.2) is 0 Å². The van der Waals surface area contributed by atoms with Crippen molar-refractivity contribution in [2.75, 3.05) is 53.9 Å². The van der Waals surface area contributed by atoms with Crippen LogP contribution in [0.4, 0.5) is 0 Å². The lowest BCUT2D eigenvalue weighted by Crippen LogP contribution is -2.28. The Morgan fingerprint density at radius 2 is 0.882 bits per heavy atom. The van der Waals surface area contributed by atoms with Gasteiger partial charge < -0.3 is 28.4 Å². The van der Waals surface area contributed by atoms with Crippen LogP contribution in [-0.2, 0) is 28.4 Å². The number of hydrogen-bond acceptors (Lipinski definition) is 6. The summed E-state index contributed by atoms with van der Waals surface area (Å²) in [6, 6.07) is 0. The number of hydrogen-bond donors (Lipinski definition) is 0. The van der Waals surface area contributed by atoms with Gasteiger partial charge in [0, 0.05) is 27.4 Å². The Morgan fingerprint density at radius 1 is 0.529 bits per heavy atom. The summed E-state index contributed by atoms with van der Waals surface area (Å²) in [6.07, 6.45) is 6.13. The summed E-state index contributed by atoms with van der Waals surface area (Å²) in [4.78, 5) is 0. The fourth-order valence-electron chi connectivity index (χ4n) is 3.45. The molecule has 0 aromatic carbocycles. The van der Waals surface area contributed by atoms with Crippen LogP contribution in [-0.4, -0.2) is 78.3 Å². The summed E-state index contributed by atoms with van der Waals surface area (Å²) in [6.45, 7) is 25.1. The van der Waals surface area contributed by atoms with E-state index in [1.807, 2.05) is 41.5 Å². The smallest absolute Gasteiger partial charge is 0.104 e. The third-order valence-corrected chi connectivity index (χ3v) is 4.91. The predicted octanol–water partition coefficient (Wildman–Crippen LogP) is 6.78. The van der Waals surface area contributed by atoms with Crippen LogP contribution in [0.3, 0.4) is 0 Å². The van der Waals surface area contributed by atoms with Gasteiger partial charge in [0.2, 0.25) is 0 Å². The van der Waals surface area contributed by atoms with Gasteiger partial charge in [0.25, 0.3) is 0 Å². The minimum atomic E-state index is 0.0602. The van der Waals surface area contributed by atoms with E-state index in [9.17, 15) is 0 Å². The van der Waals surface area contributed by atoms with Gasteiger partial charge in [-0.2, -0.15) is 0 Å². The highest BCUT2D eigenvalue weighted by Crippen LogP contribution is 2.21. The highest BCUT2D eigenvalue weighted by molar-refractivity contribution is 4.61. The summed E-state index contributed by atoms with van der Waals surface area (Å²) in [5.41, 5.74) is 0. The molecule has 0 atom stereocenters. The maximum Gasteiger partial charge on any atom is 0.104 e. The standard InChI is InChI=1S/C10H22O3.C10H22.C8H18O3/c1-5-11-7-10(8-12-6-2)13-9(3)4;1-5-7-10(8-6-2)9(3)4;1-7(2)11-8(5-9-3)6-10-4/h9-10H,5-8H2,1-4H3;9-10H,5-8H2,1-4H3;7-8H,5-6H2,1-4H3. The third-order valence-electron chi connectivity index (χ3n) is 4.91. The summed E-state index contributed by atoms with van der Waals surface area (Å²) < 4.78 is 31.6. The second kappa shape index (κ2) is 29.0. The second-order valence-electron chi connectivity index (χ2n) is 9.42. The van der Waals surface area contributed by atoms with Gasteiger partial charge in [-0.25, -0.2) is 0 Å². The van der Waals surface area contributed by atoms with Crippen molar-refractivity contribution in [2.45, 2.75) is 119 Å². The Hall–Kier alpha value is -0.240. The fourth-order valence-corrected chi connectivity index (χ4v) is 3.45. The maximum absolute atomic E-state index is 5.60. The fraction of sp³-hybridized carbons (Fsp3) is 1.00. The Bertz CT molecular complexity index is 343. The molecule has 6 nitrogen and oxygen atoms in total. The van der Waals surface area contributed by atoms with Gasteiger partial charge >= 0.3 is 0 Å². The molecule has 0 rings (SSSR count). The summed E-state index contributed by atoms with van der Waals surface area (Å²) in [7, 11) is 3.32. The highest BCUT2D eigenvalue weighted by Gasteiger charge is 2.11. The molecular weight excluding hydrogens is 432 g/mol. The van der Waals surface area contributed by atoms with Gasteiger partial charge in [-0.05, 0) is 53.4 Å². The van der Waals surface area contributed by atoms with E-state index in [0.29, 0.717) is 26.4 Å². The van der Waals surface area contributed by atoms with Crippen LogP contribution in [0, 0.1) is 11.8 Å². The van der Waals surface area contributed by atoms with E-state index >= 15 is 0 Å². The molecule has 0 unspecified atom stereocenters. The molecule has 0 radical (unpaired) electrons. The molecule has 0 fully saturated rings. The molecule has 0 aliphatic heterocycles. The van der Waals surface area contributed by atoms with Crippen molar-refractivity contribution in [3.63, 3.8) is 0 Å². The van der Waals surface area contributed by atoms with E-state index in [4.69, 9.17) is 28.4 Å². The van der Waals surface area contributed by atoms with E-state index < -0.39 is 0 Å². The molecule has 0 aliphatic rings. The van der Waals surface area contributed by atoms with Crippen LogP contribution in [0.1, 0.15) is 94.9 Å². The zero-order chi connectivity index (χ0) is 26.8. The average molecular weight is 495 g/mol. The minimum Gasteiger partial charge on any atom is -0.382 e. The van der Waals surface area contributed by atoms with Crippen molar-refractivity contribution in [3.05, 3.63) is 0 Å². The summed E-state index contributed by atoms with van der Waals surface area (Å²) in [5.74, 6) is 1.87. The first-order valence-corrected chi connectivity index (χ1v) is 13.6. The van der Waals surface area contributed by atoms with E-state index in [1.54, 1.807) is 14.2 Å². The predicted molar refractivity (Wildman–Crippen MR) is 145 cm³/mol. The monoisotopic (exact) mass is 494 g/mol. The maximum atomic E-state index is 5.60. The Kier molecular flexibility index (Phi) is 32.7. The molecule has 210 valence electrons. The van der Waals surface area contributed by atoms with E-state index in [1.165, 1.54) is 25.7 Å². The molecule has 0 bridgehead atoms. The third kappa shape index (κ3) is 29.8. The van der Waals surface area contributed by atoms with E-state index in [2.05, 4.69) is 27.7 Å². The Labute approximate surface area is 213 Å². The van der Waals surface area contributed by atoms with Gasteiger partial charge in [-0.15, -0.1) is 0 Å². The first-order valence-electron chi connectivity index (χ1n) is 13.6. The van der Waals surface area contributed by atoms with Crippen LogP contribution >= 0.6 is 0 Å². The molecule has 0 aliphatic carbocycles. The zero-order valence-corrected chi connectivity index (χ0v) is 25.0. The second-order valence-corrected chi connectivity index (χ2v) is 9.42. The lowest BCUT2D eigenvalue weighted by molar-refractivity contribution is -0.0786. The van der Waals surface area contributed by atoms with Crippen molar-refractivity contribution in [3.8, 4) is 0 Å². The quantitative estimate of drug-likeness (QED) is 0.197. The molecule has 0 aromatic rings. The molecule has 0 spiro atoms. The Balaban J connectivity index is -0.000000428. The largest absolute Gasteiger partial charge is 0.382 e. The summed E-state index contributed by atoms with van der Waals surface area (Å²) >= 11 is 0. The lowest BCUT2D eigenvalue weighted by atomic mass is 9.88. The molecule has 0 amide bonds. The van der Waals surface area contributed by atoms with Gasteiger partial charge in [-0.1, -0.05) is 53.4 Å². The van der Waals surface area contributed by atoms with Gasteiger partial charge in [0.05, 0.1) is 38.6 Å². The van der Waals surface area contributed by atoms with Crippen molar-refractivity contribution < 1.29 is 28.4 Å². The number of ether oxygens (including phenoxy) is 6. The van der Waals surface area contributed by atoms with Crippen molar-refractivity contribution in [1.82, 2.24) is 0 Å². The van der Waals surface area contributed by atoms with Crippen LogP contribution in [0.2, 0.25) is 0 Å². The molecule has 6 heteroatoms. The van der Waals surface area contributed by atoms with Gasteiger partial charge in [-0.3, -0.25) is 0 Å². The highest BCUT2D eigenvalue weighted by atomic mass is 16.6. The minimum absolute atomic E-state index is 0.0602. The van der Waals surface area contributed by atoms with E-state index in [-0.39, 0.29) is 24.4 Å². The molecule has 0 saturated carbocycles. The molecular formula is C28H62O6. The van der Waals surface area contributed by atoms with Crippen molar-refractivity contribution in [2.24, 2.45) is 11.8 Å².